The van der Waals surface area contributed by atoms with Gasteiger partial charge in [0.15, 0.2) is 0 Å². The largest absolute Gasteiger partial charge is 0.444 e. The molecule has 0 N–H and O–H groups in total. The van der Waals surface area contributed by atoms with Gasteiger partial charge >= 0.3 is 6.09 Å². The number of hydrogen-bond donors (Lipinski definition) is 0. The lowest BCUT2D eigenvalue weighted by atomic mass is 10.1. The molecule has 0 bridgehead atoms. The zero-order valence-corrected chi connectivity index (χ0v) is 20.2. The van der Waals surface area contributed by atoms with Crippen molar-refractivity contribution in [2.75, 3.05) is 24.5 Å². The average molecular weight is 459 g/mol. The number of carbonyl (C=O) groups is 1. The number of carbonyl (C=O) groups excluding carboxylic acids is 1. The van der Waals surface area contributed by atoms with Crippen molar-refractivity contribution in [2.45, 2.75) is 58.1 Å². The number of benzene rings is 1. The minimum atomic E-state index is -0.513. The molecule has 5 rings (SSSR count). The molecule has 0 unspecified atom stereocenters. The van der Waals surface area contributed by atoms with E-state index in [1.165, 1.54) is 5.56 Å². The van der Waals surface area contributed by atoms with Gasteiger partial charge in [0.05, 0.1) is 17.0 Å². The summed E-state index contributed by atoms with van der Waals surface area (Å²) in [5.41, 5.74) is 3.14. The van der Waals surface area contributed by atoms with Crippen LogP contribution < -0.4 is 4.90 Å². The van der Waals surface area contributed by atoms with E-state index in [2.05, 4.69) is 33.6 Å². The van der Waals surface area contributed by atoms with E-state index >= 15 is 0 Å². The SMILES string of the molecule is C[C@H]1CN(C(=O)OC(C)(C)C)CCN1c1ncnc2c1c(C1CC1)cn2-c1cccc(C#N)c1. The molecule has 3 aromatic rings. The molecule has 1 amide bonds. The lowest BCUT2D eigenvalue weighted by Gasteiger charge is -2.41. The van der Waals surface area contributed by atoms with Gasteiger partial charge in [-0.3, -0.25) is 0 Å². The molecule has 2 aromatic heterocycles. The molecule has 8 heteroatoms. The maximum Gasteiger partial charge on any atom is 0.410 e. The third kappa shape index (κ3) is 4.18. The summed E-state index contributed by atoms with van der Waals surface area (Å²) < 4.78 is 7.66. The van der Waals surface area contributed by atoms with Crippen LogP contribution in [0.5, 0.6) is 0 Å². The Morgan fingerprint density at radius 3 is 2.68 bits per heavy atom. The fourth-order valence-electron chi connectivity index (χ4n) is 4.68. The van der Waals surface area contributed by atoms with Crippen molar-refractivity contribution in [3.8, 4) is 11.8 Å². The Kier molecular flexibility index (Phi) is 5.43. The van der Waals surface area contributed by atoms with Gasteiger partial charge in [0.1, 0.15) is 23.4 Å². The number of piperazine rings is 1. The minimum absolute atomic E-state index is 0.0803. The van der Waals surface area contributed by atoms with Gasteiger partial charge in [-0.25, -0.2) is 14.8 Å². The van der Waals surface area contributed by atoms with Gasteiger partial charge in [-0.2, -0.15) is 5.26 Å². The predicted molar refractivity (Wildman–Crippen MR) is 130 cm³/mol. The van der Waals surface area contributed by atoms with Crippen molar-refractivity contribution in [1.82, 2.24) is 19.4 Å². The molecule has 8 nitrogen and oxygen atoms in total. The van der Waals surface area contributed by atoms with E-state index < -0.39 is 5.60 Å². The van der Waals surface area contributed by atoms with Gasteiger partial charge in [0, 0.05) is 37.6 Å². The first-order valence-electron chi connectivity index (χ1n) is 11.9. The first kappa shape index (κ1) is 22.2. The second kappa shape index (κ2) is 8.32. The smallest absolute Gasteiger partial charge is 0.410 e. The Labute approximate surface area is 199 Å². The summed E-state index contributed by atoms with van der Waals surface area (Å²) in [6, 6.07) is 9.90. The summed E-state index contributed by atoms with van der Waals surface area (Å²) in [7, 11) is 0. The normalized spacial score (nSPS) is 18.7. The molecular weight excluding hydrogens is 428 g/mol. The van der Waals surface area contributed by atoms with Gasteiger partial charge < -0.3 is 19.1 Å². The maximum atomic E-state index is 12.6. The summed E-state index contributed by atoms with van der Waals surface area (Å²) >= 11 is 0. The summed E-state index contributed by atoms with van der Waals surface area (Å²) in [5, 5.41) is 10.4. The second-order valence-corrected chi connectivity index (χ2v) is 10.3. The molecule has 1 atom stereocenters. The number of nitriles is 1. The fraction of sp³-hybridized carbons (Fsp3) is 0.462. The molecule has 2 aliphatic rings. The first-order chi connectivity index (χ1) is 16.2. The van der Waals surface area contributed by atoms with E-state index in [1.54, 1.807) is 11.2 Å². The number of anilines is 1. The monoisotopic (exact) mass is 458 g/mol. The highest BCUT2D eigenvalue weighted by Gasteiger charge is 2.34. The van der Waals surface area contributed by atoms with Crippen molar-refractivity contribution in [2.24, 2.45) is 0 Å². The molecule has 2 fully saturated rings. The highest BCUT2D eigenvalue weighted by atomic mass is 16.6. The van der Waals surface area contributed by atoms with Crippen molar-refractivity contribution in [1.29, 1.82) is 5.26 Å². The molecule has 0 spiro atoms. The zero-order valence-electron chi connectivity index (χ0n) is 20.2. The van der Waals surface area contributed by atoms with E-state index in [1.807, 2.05) is 45.0 Å². The van der Waals surface area contributed by atoms with Crippen LogP contribution in [-0.2, 0) is 4.74 Å². The molecule has 1 saturated heterocycles. The fourth-order valence-corrected chi connectivity index (χ4v) is 4.68. The minimum Gasteiger partial charge on any atom is -0.444 e. The summed E-state index contributed by atoms with van der Waals surface area (Å²) in [6.07, 6.45) is 5.83. The highest BCUT2D eigenvalue weighted by molar-refractivity contribution is 5.93. The third-order valence-electron chi connectivity index (χ3n) is 6.41. The molecule has 1 aliphatic heterocycles. The molecule has 1 aliphatic carbocycles. The standard InChI is InChI=1S/C26H30N6O2/c1-17-14-30(25(33)34-26(2,3)4)10-11-31(17)23-22-21(19-8-9-19)15-32(24(22)29-16-28-23)20-7-5-6-18(12-20)13-27/h5-7,12,15-17,19H,8-11,14H2,1-4H3/t17-/m0/s1. The van der Waals surface area contributed by atoms with Crippen LogP contribution in [0.4, 0.5) is 10.6 Å². The zero-order chi connectivity index (χ0) is 24.0. The van der Waals surface area contributed by atoms with Crippen LogP contribution in [-0.4, -0.2) is 56.8 Å². The van der Waals surface area contributed by atoms with Crippen LogP contribution in [0.1, 0.15) is 57.6 Å². The van der Waals surface area contributed by atoms with Crippen LogP contribution in [0.25, 0.3) is 16.7 Å². The first-order valence-corrected chi connectivity index (χ1v) is 11.9. The van der Waals surface area contributed by atoms with E-state index in [9.17, 15) is 10.1 Å². The van der Waals surface area contributed by atoms with Crippen LogP contribution >= 0.6 is 0 Å². The van der Waals surface area contributed by atoms with E-state index in [0.29, 0.717) is 31.1 Å². The number of ether oxygens (including phenoxy) is 1. The lowest BCUT2D eigenvalue weighted by molar-refractivity contribution is 0.0218. The van der Waals surface area contributed by atoms with Crippen molar-refractivity contribution in [3.05, 3.63) is 47.9 Å². The number of fused-ring (bicyclic) bond motifs is 1. The van der Waals surface area contributed by atoms with Gasteiger partial charge in [0.25, 0.3) is 0 Å². The quantitative estimate of drug-likeness (QED) is 0.569. The number of aromatic nitrogens is 3. The van der Waals surface area contributed by atoms with Crippen molar-refractivity contribution < 1.29 is 9.53 Å². The maximum absolute atomic E-state index is 12.6. The average Bonchev–Trinajstić information content (AvgIpc) is 3.57. The topological polar surface area (TPSA) is 87.3 Å². The third-order valence-corrected chi connectivity index (χ3v) is 6.41. The number of hydrogen-bond acceptors (Lipinski definition) is 6. The predicted octanol–water partition coefficient (Wildman–Crippen LogP) is 4.62. The number of amides is 1. The lowest BCUT2D eigenvalue weighted by Crippen LogP contribution is -2.54. The highest BCUT2D eigenvalue weighted by Crippen LogP contribution is 2.46. The van der Waals surface area contributed by atoms with Crippen LogP contribution in [0, 0.1) is 11.3 Å². The van der Waals surface area contributed by atoms with E-state index in [0.717, 1.165) is 35.4 Å². The Morgan fingerprint density at radius 1 is 1.21 bits per heavy atom. The summed E-state index contributed by atoms with van der Waals surface area (Å²) in [5.74, 6) is 1.42. The van der Waals surface area contributed by atoms with E-state index in [-0.39, 0.29) is 12.1 Å². The summed E-state index contributed by atoms with van der Waals surface area (Å²) in [4.78, 5) is 26.1. The van der Waals surface area contributed by atoms with Crippen molar-refractivity contribution >= 4 is 22.9 Å². The van der Waals surface area contributed by atoms with Gasteiger partial charge in [0.2, 0.25) is 0 Å². The molecule has 1 saturated carbocycles. The van der Waals surface area contributed by atoms with Crippen LogP contribution in [0.3, 0.4) is 0 Å². The van der Waals surface area contributed by atoms with Crippen LogP contribution in [0.2, 0.25) is 0 Å². The molecule has 1 aromatic carbocycles. The summed E-state index contributed by atoms with van der Waals surface area (Å²) in [6.45, 7) is 9.61. The Morgan fingerprint density at radius 2 is 2.00 bits per heavy atom. The van der Waals surface area contributed by atoms with Gasteiger partial charge in [-0.05, 0) is 70.2 Å². The second-order valence-electron chi connectivity index (χ2n) is 10.3. The molecule has 3 heterocycles. The van der Waals surface area contributed by atoms with Crippen LogP contribution in [0.15, 0.2) is 36.8 Å². The molecular formula is C26H30N6O2. The van der Waals surface area contributed by atoms with Gasteiger partial charge in [-0.1, -0.05) is 6.07 Å². The number of nitrogens with zero attached hydrogens (tertiary/aromatic N) is 6. The Bertz CT molecular complexity index is 1280. The Hall–Kier alpha value is -3.60. The van der Waals surface area contributed by atoms with Gasteiger partial charge in [-0.15, -0.1) is 0 Å². The number of rotatable bonds is 3. The van der Waals surface area contributed by atoms with E-state index in [4.69, 9.17) is 9.72 Å². The molecule has 176 valence electrons. The van der Waals surface area contributed by atoms with Crippen molar-refractivity contribution in [3.63, 3.8) is 0 Å². The molecule has 0 radical (unpaired) electrons. The molecule has 34 heavy (non-hydrogen) atoms. The Balaban J connectivity index is 1.51.